The second-order valence-corrected chi connectivity index (χ2v) is 2.37. The molecule has 0 fully saturated rings. The Morgan fingerprint density at radius 3 is 2.25 bits per heavy atom. The topological polar surface area (TPSA) is 26.0 Å². The van der Waals surface area contributed by atoms with Gasteiger partial charge in [0.05, 0.1) is 0 Å². The Labute approximate surface area is 62.8 Å². The number of unbranched alkanes of at least 4 members (excludes halogenated alkanes) is 1. The second-order valence-electron chi connectivity index (χ2n) is 1.71. The first-order chi connectivity index (χ1) is 3.27. The van der Waals surface area contributed by atoms with Gasteiger partial charge < -0.3 is 5.73 Å². The monoisotopic (exact) mass is 155 g/mol. The van der Waals surface area contributed by atoms with Crippen molar-refractivity contribution in [2.75, 3.05) is 0 Å². The van der Waals surface area contributed by atoms with E-state index in [1.165, 1.54) is 12.8 Å². The minimum atomic E-state index is 0. The third-order valence-corrected chi connectivity index (χ3v) is 1.11. The highest BCUT2D eigenvalue weighted by Crippen LogP contribution is 1.99. The number of thiol groups is 1. The van der Waals surface area contributed by atoms with Gasteiger partial charge in [-0.1, -0.05) is 19.8 Å². The van der Waals surface area contributed by atoms with Crippen LogP contribution >= 0.6 is 25.0 Å². The lowest BCUT2D eigenvalue weighted by molar-refractivity contribution is 0.701. The molecule has 0 amide bonds. The van der Waals surface area contributed by atoms with Gasteiger partial charge in [-0.25, -0.2) is 0 Å². The fourth-order valence-corrected chi connectivity index (χ4v) is 0.596. The summed E-state index contributed by atoms with van der Waals surface area (Å²) in [4.78, 5) is 0. The minimum Gasteiger partial charge on any atom is -0.320 e. The lowest BCUT2D eigenvalue weighted by Crippen LogP contribution is -2.10. The molecule has 52 valence electrons. The van der Waals surface area contributed by atoms with Crippen molar-refractivity contribution in [1.82, 2.24) is 0 Å². The SMILES string of the molecule is CCCCC(N)S.Cl. The van der Waals surface area contributed by atoms with Gasteiger partial charge in [0.15, 0.2) is 0 Å². The number of hydrogen-bond donors (Lipinski definition) is 2. The lowest BCUT2D eigenvalue weighted by atomic mass is 10.2. The summed E-state index contributed by atoms with van der Waals surface area (Å²) >= 11 is 4.01. The van der Waals surface area contributed by atoms with Crippen LogP contribution in [0.3, 0.4) is 0 Å². The molecule has 0 aliphatic heterocycles. The quantitative estimate of drug-likeness (QED) is 0.472. The molecule has 0 aliphatic rings. The van der Waals surface area contributed by atoms with Crippen molar-refractivity contribution >= 4 is 25.0 Å². The number of rotatable bonds is 3. The van der Waals surface area contributed by atoms with Crippen molar-refractivity contribution in [2.45, 2.75) is 31.6 Å². The molecule has 0 aromatic carbocycles. The maximum absolute atomic E-state index is 5.34. The fraction of sp³-hybridized carbons (Fsp3) is 1.00. The molecule has 0 rings (SSSR count). The van der Waals surface area contributed by atoms with Gasteiger partial charge in [-0.15, -0.1) is 12.4 Å². The Morgan fingerprint density at radius 1 is 1.62 bits per heavy atom. The molecule has 1 unspecified atom stereocenters. The Kier molecular flexibility index (Phi) is 10.8. The molecule has 0 aromatic rings. The minimum absolute atomic E-state index is 0. The number of nitrogens with two attached hydrogens (primary N) is 1. The van der Waals surface area contributed by atoms with Crippen LogP contribution < -0.4 is 5.73 Å². The first-order valence-electron chi connectivity index (χ1n) is 2.71. The van der Waals surface area contributed by atoms with E-state index in [0.717, 1.165) is 6.42 Å². The normalized spacial score (nSPS) is 12.4. The summed E-state index contributed by atoms with van der Waals surface area (Å²) in [6.07, 6.45) is 3.46. The molecule has 1 nitrogen and oxygen atoms in total. The van der Waals surface area contributed by atoms with Crippen LogP contribution in [0.5, 0.6) is 0 Å². The molecular formula is C5H14ClNS. The van der Waals surface area contributed by atoms with Gasteiger partial charge in [0.2, 0.25) is 0 Å². The van der Waals surface area contributed by atoms with Crippen LogP contribution in [-0.4, -0.2) is 5.37 Å². The van der Waals surface area contributed by atoms with Gasteiger partial charge in [0, 0.05) is 5.37 Å². The summed E-state index contributed by atoms with van der Waals surface area (Å²) in [5.41, 5.74) is 5.34. The van der Waals surface area contributed by atoms with E-state index in [-0.39, 0.29) is 17.8 Å². The molecule has 0 bridgehead atoms. The molecule has 2 N–H and O–H groups in total. The number of halogens is 1. The van der Waals surface area contributed by atoms with Crippen molar-refractivity contribution in [1.29, 1.82) is 0 Å². The van der Waals surface area contributed by atoms with Gasteiger partial charge in [-0.05, 0) is 6.42 Å². The summed E-state index contributed by atoms with van der Waals surface area (Å²) in [6.45, 7) is 2.15. The average molecular weight is 156 g/mol. The fourth-order valence-electron chi connectivity index (χ4n) is 0.413. The lowest BCUT2D eigenvalue weighted by Gasteiger charge is -1.98. The highest BCUT2D eigenvalue weighted by Gasteiger charge is 1.89. The third-order valence-electron chi connectivity index (χ3n) is 0.853. The summed E-state index contributed by atoms with van der Waals surface area (Å²) in [7, 11) is 0. The predicted molar refractivity (Wildman–Crippen MR) is 43.7 cm³/mol. The molecule has 0 aromatic heterocycles. The van der Waals surface area contributed by atoms with Crippen LogP contribution in [0.25, 0.3) is 0 Å². The maximum Gasteiger partial charge on any atom is 0.0477 e. The van der Waals surface area contributed by atoms with Crippen LogP contribution in [0.4, 0.5) is 0 Å². The van der Waals surface area contributed by atoms with Crippen molar-refractivity contribution in [2.24, 2.45) is 5.73 Å². The maximum atomic E-state index is 5.34. The van der Waals surface area contributed by atoms with E-state index < -0.39 is 0 Å². The number of hydrogen-bond acceptors (Lipinski definition) is 2. The zero-order chi connectivity index (χ0) is 5.70. The van der Waals surface area contributed by atoms with Crippen LogP contribution in [-0.2, 0) is 0 Å². The molecule has 0 radical (unpaired) electrons. The Balaban J connectivity index is 0. The summed E-state index contributed by atoms with van der Waals surface area (Å²) in [6, 6.07) is 0. The smallest absolute Gasteiger partial charge is 0.0477 e. The molecule has 0 saturated carbocycles. The average Bonchev–Trinajstić information content (AvgIpc) is 1.61. The zero-order valence-electron chi connectivity index (χ0n) is 5.13. The van der Waals surface area contributed by atoms with E-state index in [4.69, 9.17) is 5.73 Å². The van der Waals surface area contributed by atoms with Crippen molar-refractivity contribution in [3.8, 4) is 0 Å². The molecule has 0 spiro atoms. The Morgan fingerprint density at radius 2 is 2.12 bits per heavy atom. The standard InChI is InChI=1S/C5H13NS.ClH/c1-2-3-4-5(6)7;/h5,7H,2-4,6H2,1H3;1H. The Hall–Kier alpha value is 0.600. The highest BCUT2D eigenvalue weighted by molar-refractivity contribution is 7.80. The van der Waals surface area contributed by atoms with Crippen LogP contribution in [0, 0.1) is 0 Å². The Bertz CT molecular complexity index is 41.4. The van der Waals surface area contributed by atoms with Gasteiger partial charge in [0.25, 0.3) is 0 Å². The molecule has 0 aliphatic carbocycles. The molecule has 0 saturated heterocycles. The van der Waals surface area contributed by atoms with Gasteiger partial charge in [0.1, 0.15) is 0 Å². The van der Waals surface area contributed by atoms with Gasteiger partial charge in [-0.3, -0.25) is 0 Å². The zero-order valence-corrected chi connectivity index (χ0v) is 6.84. The molecule has 8 heavy (non-hydrogen) atoms. The van der Waals surface area contributed by atoms with Gasteiger partial charge >= 0.3 is 0 Å². The molecular weight excluding hydrogens is 142 g/mol. The third kappa shape index (κ3) is 9.78. The summed E-state index contributed by atoms with van der Waals surface area (Å²) < 4.78 is 0. The van der Waals surface area contributed by atoms with Crippen LogP contribution in [0.2, 0.25) is 0 Å². The van der Waals surface area contributed by atoms with Gasteiger partial charge in [-0.2, -0.15) is 12.6 Å². The van der Waals surface area contributed by atoms with E-state index in [9.17, 15) is 0 Å². The van der Waals surface area contributed by atoms with E-state index >= 15 is 0 Å². The van der Waals surface area contributed by atoms with E-state index in [2.05, 4.69) is 19.6 Å². The van der Waals surface area contributed by atoms with E-state index in [0.29, 0.717) is 0 Å². The first kappa shape index (κ1) is 11.4. The molecule has 0 heterocycles. The molecule has 1 atom stereocenters. The van der Waals surface area contributed by atoms with Crippen LogP contribution in [0.1, 0.15) is 26.2 Å². The van der Waals surface area contributed by atoms with Crippen molar-refractivity contribution in [3.63, 3.8) is 0 Å². The second kappa shape index (κ2) is 7.60. The summed E-state index contributed by atoms with van der Waals surface area (Å²) in [5.74, 6) is 0. The van der Waals surface area contributed by atoms with Crippen LogP contribution in [0.15, 0.2) is 0 Å². The van der Waals surface area contributed by atoms with E-state index in [1.807, 2.05) is 0 Å². The largest absolute Gasteiger partial charge is 0.320 e. The summed E-state index contributed by atoms with van der Waals surface area (Å²) in [5, 5.41) is 0.0972. The first-order valence-corrected chi connectivity index (χ1v) is 3.22. The predicted octanol–water partition coefficient (Wildman–Crippen LogP) is 1.81. The molecule has 3 heteroatoms. The van der Waals surface area contributed by atoms with Crippen molar-refractivity contribution < 1.29 is 0 Å². The van der Waals surface area contributed by atoms with E-state index in [1.54, 1.807) is 0 Å². The van der Waals surface area contributed by atoms with Crippen molar-refractivity contribution in [3.05, 3.63) is 0 Å². The highest BCUT2D eigenvalue weighted by atomic mass is 35.5.